The molecule has 6 nitrogen and oxygen atoms in total. The van der Waals surface area contributed by atoms with Crippen molar-refractivity contribution in [1.29, 1.82) is 0 Å². The van der Waals surface area contributed by atoms with Crippen LogP contribution in [0.1, 0.15) is 0 Å². The molecule has 0 fully saturated rings. The van der Waals surface area contributed by atoms with Gasteiger partial charge in [0.1, 0.15) is 0 Å². The van der Waals surface area contributed by atoms with Crippen molar-refractivity contribution < 1.29 is 21.6 Å². The Labute approximate surface area is 101 Å². The standard InChI is InChI=1S/C7H16ClNO5S2/c1-9(4-7(8)5-14-2)16(12,13)6-15(3,10)11/h7H,4-6H2,1-3H3. The molecule has 0 spiro atoms. The summed E-state index contributed by atoms with van der Waals surface area (Å²) in [5.74, 6) is 0. The van der Waals surface area contributed by atoms with Gasteiger partial charge in [0.2, 0.25) is 10.0 Å². The minimum Gasteiger partial charge on any atom is -0.383 e. The summed E-state index contributed by atoms with van der Waals surface area (Å²) in [5, 5.41) is -1.42. The van der Waals surface area contributed by atoms with Gasteiger partial charge in [0, 0.05) is 27.0 Å². The number of hydrogen-bond donors (Lipinski definition) is 0. The van der Waals surface area contributed by atoms with Gasteiger partial charge in [-0.15, -0.1) is 11.6 Å². The van der Waals surface area contributed by atoms with Gasteiger partial charge in [-0.25, -0.2) is 21.1 Å². The van der Waals surface area contributed by atoms with E-state index in [2.05, 4.69) is 0 Å². The summed E-state index contributed by atoms with van der Waals surface area (Å²) < 4.78 is 50.5. The summed E-state index contributed by atoms with van der Waals surface area (Å²) in [5.41, 5.74) is 0. The highest BCUT2D eigenvalue weighted by molar-refractivity contribution is 8.06. The molecule has 1 atom stereocenters. The Bertz CT molecular complexity index is 404. The molecule has 0 aliphatic carbocycles. The Morgan fingerprint density at radius 3 is 2.19 bits per heavy atom. The summed E-state index contributed by atoms with van der Waals surface area (Å²) in [4.78, 5) is 0. The molecule has 0 bridgehead atoms. The lowest BCUT2D eigenvalue weighted by atomic mass is 10.4. The molecular weight excluding hydrogens is 278 g/mol. The summed E-state index contributed by atoms with van der Waals surface area (Å²) >= 11 is 5.77. The van der Waals surface area contributed by atoms with E-state index >= 15 is 0 Å². The van der Waals surface area contributed by atoms with Crippen molar-refractivity contribution in [1.82, 2.24) is 4.31 Å². The molecule has 9 heteroatoms. The van der Waals surface area contributed by atoms with Crippen molar-refractivity contribution in [2.75, 3.05) is 38.6 Å². The molecule has 0 saturated heterocycles. The smallest absolute Gasteiger partial charge is 0.228 e. The second-order valence-electron chi connectivity index (χ2n) is 3.49. The van der Waals surface area contributed by atoms with Crippen LogP contribution >= 0.6 is 11.6 Å². The molecule has 1 unspecified atom stereocenters. The van der Waals surface area contributed by atoms with Gasteiger partial charge in [0.25, 0.3) is 0 Å². The molecule has 98 valence electrons. The van der Waals surface area contributed by atoms with Crippen LogP contribution in [0.3, 0.4) is 0 Å². The summed E-state index contributed by atoms with van der Waals surface area (Å²) in [6.45, 7) is 0.202. The number of sulfonamides is 1. The van der Waals surface area contributed by atoms with Gasteiger partial charge < -0.3 is 4.74 Å². The van der Waals surface area contributed by atoms with Crippen molar-refractivity contribution in [3.63, 3.8) is 0 Å². The molecule has 0 aromatic heterocycles. The largest absolute Gasteiger partial charge is 0.383 e. The predicted molar refractivity (Wildman–Crippen MR) is 62.8 cm³/mol. The van der Waals surface area contributed by atoms with Crippen LogP contribution in [0.4, 0.5) is 0 Å². The van der Waals surface area contributed by atoms with Crippen molar-refractivity contribution in [2.24, 2.45) is 0 Å². The molecule has 0 rings (SSSR count). The van der Waals surface area contributed by atoms with Gasteiger partial charge in [-0.2, -0.15) is 0 Å². The molecule has 0 aliphatic rings. The van der Waals surface area contributed by atoms with Crippen molar-refractivity contribution >= 4 is 31.5 Å². The fraction of sp³-hybridized carbons (Fsp3) is 1.00. The van der Waals surface area contributed by atoms with Crippen LogP contribution in [0.25, 0.3) is 0 Å². The van der Waals surface area contributed by atoms with Gasteiger partial charge in [-0.3, -0.25) is 0 Å². The highest BCUT2D eigenvalue weighted by Crippen LogP contribution is 2.06. The van der Waals surface area contributed by atoms with Crippen LogP contribution in [0.5, 0.6) is 0 Å². The molecule has 0 aromatic rings. The molecule has 0 radical (unpaired) electrons. The van der Waals surface area contributed by atoms with E-state index < -0.39 is 30.3 Å². The maximum atomic E-state index is 11.5. The Morgan fingerprint density at radius 1 is 1.31 bits per heavy atom. The monoisotopic (exact) mass is 293 g/mol. The SMILES string of the molecule is COCC(Cl)CN(C)S(=O)(=O)CS(C)(=O)=O. The van der Waals surface area contributed by atoms with Gasteiger partial charge in [-0.05, 0) is 0 Å². The first-order chi connectivity index (χ1) is 7.08. The Kier molecular flexibility index (Phi) is 6.20. The van der Waals surface area contributed by atoms with Crippen LogP contribution in [0, 0.1) is 0 Å². The van der Waals surface area contributed by atoms with Crippen molar-refractivity contribution in [3.05, 3.63) is 0 Å². The van der Waals surface area contributed by atoms with E-state index in [9.17, 15) is 16.8 Å². The number of hydrogen-bond acceptors (Lipinski definition) is 5. The van der Waals surface area contributed by atoms with Crippen LogP contribution in [-0.4, -0.2) is 65.2 Å². The summed E-state index contributed by atoms with van der Waals surface area (Å²) in [6.07, 6.45) is 0.867. The lowest BCUT2D eigenvalue weighted by molar-refractivity contribution is 0.192. The van der Waals surface area contributed by atoms with Gasteiger partial charge in [0.15, 0.2) is 14.9 Å². The second-order valence-corrected chi connectivity index (χ2v) is 8.69. The van der Waals surface area contributed by atoms with E-state index in [4.69, 9.17) is 16.3 Å². The topological polar surface area (TPSA) is 80.8 Å². The zero-order valence-electron chi connectivity index (χ0n) is 9.38. The van der Waals surface area contributed by atoms with Gasteiger partial charge in [0.05, 0.1) is 12.0 Å². The van der Waals surface area contributed by atoms with Crippen LogP contribution in [0.15, 0.2) is 0 Å². The summed E-state index contributed by atoms with van der Waals surface area (Å²) in [6, 6.07) is 0. The lowest BCUT2D eigenvalue weighted by Crippen LogP contribution is -2.37. The molecule has 0 aliphatic heterocycles. The number of nitrogens with zero attached hydrogens (tertiary/aromatic N) is 1. The normalized spacial score (nSPS) is 15.3. The third-order valence-electron chi connectivity index (χ3n) is 1.64. The van der Waals surface area contributed by atoms with Crippen LogP contribution in [-0.2, 0) is 24.6 Å². The molecule has 16 heavy (non-hydrogen) atoms. The fourth-order valence-corrected chi connectivity index (χ4v) is 4.69. The Hall–Kier alpha value is 0.110. The first kappa shape index (κ1) is 16.1. The fourth-order valence-electron chi connectivity index (χ4n) is 0.987. The molecule has 0 saturated carbocycles. The van der Waals surface area contributed by atoms with E-state index in [1.54, 1.807) is 0 Å². The number of rotatable bonds is 7. The highest BCUT2D eigenvalue weighted by Gasteiger charge is 2.25. The van der Waals surface area contributed by atoms with Gasteiger partial charge in [-0.1, -0.05) is 0 Å². The average Bonchev–Trinajstić information content (AvgIpc) is 1.99. The van der Waals surface area contributed by atoms with E-state index in [1.807, 2.05) is 0 Å². The zero-order chi connectivity index (χ0) is 13.0. The number of methoxy groups -OCH3 is 1. The number of halogens is 1. The molecule has 0 amide bonds. The number of alkyl halides is 1. The molecule has 0 heterocycles. The van der Waals surface area contributed by atoms with E-state index in [0.29, 0.717) is 0 Å². The van der Waals surface area contributed by atoms with Gasteiger partial charge >= 0.3 is 0 Å². The maximum absolute atomic E-state index is 11.5. The maximum Gasteiger partial charge on any atom is 0.228 e. The molecular formula is C7H16ClNO5S2. The third kappa shape index (κ3) is 6.64. The van der Waals surface area contributed by atoms with E-state index in [0.717, 1.165) is 10.6 Å². The van der Waals surface area contributed by atoms with Crippen molar-refractivity contribution in [2.45, 2.75) is 5.38 Å². The Morgan fingerprint density at radius 2 is 1.81 bits per heavy atom. The second kappa shape index (κ2) is 6.15. The number of sulfone groups is 1. The lowest BCUT2D eigenvalue weighted by Gasteiger charge is -2.19. The average molecular weight is 294 g/mol. The molecule has 0 N–H and O–H groups in total. The highest BCUT2D eigenvalue weighted by atomic mass is 35.5. The predicted octanol–water partition coefficient (Wildman–Crippen LogP) is -0.496. The Balaban J connectivity index is 4.54. The third-order valence-corrected chi connectivity index (χ3v) is 5.91. The van der Waals surface area contributed by atoms with Crippen LogP contribution in [0.2, 0.25) is 0 Å². The summed E-state index contributed by atoms with van der Waals surface area (Å²) in [7, 11) is -4.68. The van der Waals surface area contributed by atoms with Crippen LogP contribution < -0.4 is 0 Å². The first-order valence-electron chi connectivity index (χ1n) is 4.33. The van der Waals surface area contributed by atoms with E-state index in [-0.39, 0.29) is 13.2 Å². The zero-order valence-corrected chi connectivity index (χ0v) is 11.8. The number of ether oxygens (including phenoxy) is 1. The first-order valence-corrected chi connectivity index (χ1v) is 8.44. The minimum atomic E-state index is -3.83. The molecule has 0 aromatic carbocycles. The minimum absolute atomic E-state index is 0.00719. The van der Waals surface area contributed by atoms with E-state index in [1.165, 1.54) is 14.2 Å². The quantitative estimate of drug-likeness (QED) is 0.591. The van der Waals surface area contributed by atoms with Crippen molar-refractivity contribution in [3.8, 4) is 0 Å².